The second kappa shape index (κ2) is 4.90. The van der Waals surface area contributed by atoms with Crippen molar-refractivity contribution in [3.63, 3.8) is 0 Å². The maximum Gasteiger partial charge on any atom is 0.276 e. The normalized spacial score (nSPS) is 11.2. The summed E-state index contributed by atoms with van der Waals surface area (Å²) in [6.07, 6.45) is 0.594. The molecule has 1 N–H and O–H groups in total. The van der Waals surface area contributed by atoms with Crippen LogP contribution in [0.2, 0.25) is 0 Å². The topological polar surface area (TPSA) is 50.2 Å². The zero-order valence-corrected chi connectivity index (χ0v) is 12.9. The van der Waals surface area contributed by atoms with E-state index in [1.54, 1.807) is 0 Å². The van der Waals surface area contributed by atoms with Crippen molar-refractivity contribution in [3.8, 4) is 0 Å². The standard InChI is InChI=1S/C15H14BrN3O/c1-9-12(8-11-6-4-3-5-7-11)15(20)19-14(17-9)13(16)10(2)18-19/h3-7,18H,8H2,1-2H3. The van der Waals surface area contributed by atoms with Gasteiger partial charge in [0.25, 0.3) is 5.56 Å². The summed E-state index contributed by atoms with van der Waals surface area (Å²) in [4.78, 5) is 17.1. The number of halogens is 1. The molecule has 3 aromatic rings. The molecule has 0 bridgehead atoms. The first-order chi connectivity index (χ1) is 9.58. The number of hydrogen-bond donors (Lipinski definition) is 1. The molecule has 2 heterocycles. The number of hydrogen-bond acceptors (Lipinski definition) is 2. The summed E-state index contributed by atoms with van der Waals surface area (Å²) in [6, 6.07) is 9.95. The van der Waals surface area contributed by atoms with Crippen molar-refractivity contribution >= 4 is 21.6 Å². The molecule has 0 saturated heterocycles. The number of nitrogens with zero attached hydrogens (tertiary/aromatic N) is 2. The van der Waals surface area contributed by atoms with Crippen LogP contribution in [0, 0.1) is 13.8 Å². The van der Waals surface area contributed by atoms with E-state index in [2.05, 4.69) is 26.0 Å². The fraction of sp³-hybridized carbons (Fsp3) is 0.200. The average Bonchev–Trinajstić information content (AvgIpc) is 2.73. The van der Waals surface area contributed by atoms with Crippen LogP contribution in [0.4, 0.5) is 0 Å². The van der Waals surface area contributed by atoms with Crippen LogP contribution in [0.5, 0.6) is 0 Å². The predicted molar refractivity (Wildman–Crippen MR) is 82.2 cm³/mol. The van der Waals surface area contributed by atoms with Crippen LogP contribution in [0.15, 0.2) is 39.6 Å². The van der Waals surface area contributed by atoms with Crippen molar-refractivity contribution in [2.45, 2.75) is 20.3 Å². The van der Waals surface area contributed by atoms with E-state index in [1.807, 2.05) is 44.2 Å². The fourth-order valence-electron chi connectivity index (χ4n) is 2.30. The lowest BCUT2D eigenvalue weighted by atomic mass is 10.1. The molecule has 0 aliphatic carbocycles. The number of fused-ring (bicyclic) bond motifs is 1. The van der Waals surface area contributed by atoms with Crippen molar-refractivity contribution in [2.24, 2.45) is 0 Å². The number of nitrogens with one attached hydrogen (secondary N) is 1. The molecule has 0 amide bonds. The van der Waals surface area contributed by atoms with Crippen LogP contribution >= 0.6 is 15.9 Å². The van der Waals surface area contributed by atoms with Gasteiger partial charge in [-0.2, -0.15) is 4.52 Å². The highest BCUT2D eigenvalue weighted by atomic mass is 79.9. The van der Waals surface area contributed by atoms with E-state index in [9.17, 15) is 4.79 Å². The summed E-state index contributed by atoms with van der Waals surface area (Å²) in [5.74, 6) is 0. The highest BCUT2D eigenvalue weighted by Crippen LogP contribution is 2.20. The Morgan fingerprint density at radius 3 is 2.65 bits per heavy atom. The van der Waals surface area contributed by atoms with E-state index in [0.717, 1.165) is 27.0 Å². The predicted octanol–water partition coefficient (Wildman–Crippen LogP) is 2.99. The Bertz CT molecular complexity index is 834. The number of aromatic nitrogens is 3. The first kappa shape index (κ1) is 13.1. The molecule has 0 spiro atoms. The van der Waals surface area contributed by atoms with Crippen LogP contribution in [0.25, 0.3) is 5.65 Å². The van der Waals surface area contributed by atoms with Gasteiger partial charge in [-0.05, 0) is 35.3 Å². The molecule has 102 valence electrons. The van der Waals surface area contributed by atoms with Gasteiger partial charge in [-0.3, -0.25) is 9.89 Å². The van der Waals surface area contributed by atoms with Crippen molar-refractivity contribution in [2.75, 3.05) is 0 Å². The molecule has 0 aliphatic rings. The zero-order valence-electron chi connectivity index (χ0n) is 11.3. The molecule has 0 radical (unpaired) electrons. The minimum atomic E-state index is -0.0369. The van der Waals surface area contributed by atoms with E-state index in [0.29, 0.717) is 12.1 Å². The third-order valence-corrected chi connectivity index (χ3v) is 4.36. The van der Waals surface area contributed by atoms with E-state index in [-0.39, 0.29) is 5.56 Å². The third-order valence-electron chi connectivity index (χ3n) is 3.41. The number of rotatable bonds is 2. The quantitative estimate of drug-likeness (QED) is 0.784. The molecule has 0 fully saturated rings. The number of benzene rings is 1. The molecule has 1 aromatic carbocycles. The lowest BCUT2D eigenvalue weighted by molar-refractivity contribution is 0.847. The highest BCUT2D eigenvalue weighted by Gasteiger charge is 2.14. The number of H-pyrrole nitrogens is 1. The maximum absolute atomic E-state index is 12.6. The van der Waals surface area contributed by atoms with Gasteiger partial charge in [0, 0.05) is 23.4 Å². The second-order valence-electron chi connectivity index (χ2n) is 4.85. The molecule has 4 nitrogen and oxygen atoms in total. The Morgan fingerprint density at radius 2 is 1.95 bits per heavy atom. The largest absolute Gasteiger partial charge is 0.293 e. The Balaban J connectivity index is 2.19. The third kappa shape index (κ3) is 2.08. The van der Waals surface area contributed by atoms with Crippen LogP contribution in [-0.4, -0.2) is 14.6 Å². The van der Waals surface area contributed by atoms with Gasteiger partial charge < -0.3 is 0 Å². The van der Waals surface area contributed by atoms with Gasteiger partial charge in [0.2, 0.25) is 0 Å². The molecule has 2 aromatic heterocycles. The van der Waals surface area contributed by atoms with Gasteiger partial charge in [-0.25, -0.2) is 4.98 Å². The average molecular weight is 332 g/mol. The van der Waals surface area contributed by atoms with Crippen molar-refractivity contribution < 1.29 is 0 Å². The molecule has 20 heavy (non-hydrogen) atoms. The molecule has 0 saturated carbocycles. The lowest BCUT2D eigenvalue weighted by Crippen LogP contribution is -2.22. The summed E-state index contributed by atoms with van der Waals surface area (Å²) < 4.78 is 2.34. The molecule has 0 atom stereocenters. The zero-order chi connectivity index (χ0) is 14.3. The van der Waals surface area contributed by atoms with Crippen molar-refractivity contribution in [3.05, 3.63) is 67.7 Å². The van der Waals surface area contributed by atoms with Crippen LogP contribution in [-0.2, 0) is 6.42 Å². The lowest BCUT2D eigenvalue weighted by Gasteiger charge is -2.05. The summed E-state index contributed by atoms with van der Waals surface area (Å²) in [6.45, 7) is 3.79. The SMILES string of the molecule is Cc1nc2c(Br)c(C)[nH]n2c(=O)c1Cc1ccccc1. The summed E-state index contributed by atoms with van der Waals surface area (Å²) in [5, 5.41) is 3.04. The summed E-state index contributed by atoms with van der Waals surface area (Å²) in [5.41, 5.74) is 4.11. The minimum Gasteiger partial charge on any atom is -0.293 e. The second-order valence-corrected chi connectivity index (χ2v) is 5.65. The van der Waals surface area contributed by atoms with Gasteiger partial charge in [0.15, 0.2) is 5.65 Å². The van der Waals surface area contributed by atoms with Gasteiger partial charge in [0.05, 0.1) is 4.47 Å². The van der Waals surface area contributed by atoms with Gasteiger partial charge in [-0.15, -0.1) is 0 Å². The smallest absolute Gasteiger partial charge is 0.276 e. The Labute approximate surface area is 124 Å². The highest BCUT2D eigenvalue weighted by molar-refractivity contribution is 9.10. The van der Waals surface area contributed by atoms with Crippen molar-refractivity contribution in [1.82, 2.24) is 14.6 Å². The molecule has 0 aliphatic heterocycles. The molecular formula is C15H14BrN3O. The van der Waals surface area contributed by atoms with E-state index in [4.69, 9.17) is 0 Å². The van der Waals surface area contributed by atoms with Gasteiger partial charge >= 0.3 is 0 Å². The van der Waals surface area contributed by atoms with E-state index < -0.39 is 0 Å². The van der Waals surface area contributed by atoms with Crippen LogP contribution in [0.3, 0.4) is 0 Å². The van der Waals surface area contributed by atoms with Gasteiger partial charge in [0.1, 0.15) is 0 Å². The Hall–Kier alpha value is -1.88. The number of aromatic amines is 1. The van der Waals surface area contributed by atoms with Crippen LogP contribution < -0.4 is 5.56 Å². The molecule has 0 unspecified atom stereocenters. The fourth-order valence-corrected chi connectivity index (χ4v) is 2.66. The Kier molecular flexibility index (Phi) is 3.22. The number of aryl methyl sites for hydroxylation is 2. The molecule has 5 heteroatoms. The first-order valence-electron chi connectivity index (χ1n) is 6.38. The van der Waals surface area contributed by atoms with Crippen molar-refractivity contribution in [1.29, 1.82) is 0 Å². The summed E-state index contributed by atoms with van der Waals surface area (Å²) >= 11 is 3.46. The summed E-state index contributed by atoms with van der Waals surface area (Å²) in [7, 11) is 0. The van der Waals surface area contributed by atoms with E-state index in [1.165, 1.54) is 4.52 Å². The monoisotopic (exact) mass is 331 g/mol. The molecule has 3 rings (SSSR count). The Morgan fingerprint density at radius 1 is 1.25 bits per heavy atom. The maximum atomic E-state index is 12.6. The van der Waals surface area contributed by atoms with Crippen LogP contribution in [0.1, 0.15) is 22.5 Å². The first-order valence-corrected chi connectivity index (χ1v) is 7.17. The van der Waals surface area contributed by atoms with Gasteiger partial charge in [-0.1, -0.05) is 30.3 Å². The molecular weight excluding hydrogens is 318 g/mol. The minimum absolute atomic E-state index is 0.0369. The van der Waals surface area contributed by atoms with E-state index >= 15 is 0 Å².